The van der Waals surface area contributed by atoms with Gasteiger partial charge in [0, 0.05) is 11.1 Å². The van der Waals surface area contributed by atoms with Gasteiger partial charge in [-0.25, -0.2) is 0 Å². The van der Waals surface area contributed by atoms with Crippen LogP contribution >= 0.6 is 0 Å². The average molecular weight is 709 g/mol. The summed E-state index contributed by atoms with van der Waals surface area (Å²) in [6.07, 6.45) is 25.7. The van der Waals surface area contributed by atoms with E-state index < -0.39 is 24.1 Å². The number of carbonyl (C=O) groups is 2. The van der Waals surface area contributed by atoms with Crippen molar-refractivity contribution in [3.8, 4) is 0 Å². The molecule has 1 aromatic rings. The number of rotatable bonds is 28. The zero-order chi connectivity index (χ0) is 38.3. The van der Waals surface area contributed by atoms with Crippen LogP contribution in [0, 0.1) is 0 Å². The van der Waals surface area contributed by atoms with Crippen molar-refractivity contribution in [1.82, 2.24) is 0 Å². The molecule has 8 heteroatoms. The number of quaternary nitrogens is 2. The van der Waals surface area contributed by atoms with Crippen molar-refractivity contribution >= 4 is 11.9 Å². The Balaban J connectivity index is 0. The Bertz CT molecular complexity index is 873. The third-order valence-electron chi connectivity index (χ3n) is 9.23. The summed E-state index contributed by atoms with van der Waals surface area (Å²) in [6, 6.07) is 9.30. The first kappa shape index (κ1) is 50.1. The molecule has 0 fully saturated rings. The summed E-state index contributed by atoms with van der Waals surface area (Å²) >= 11 is 0. The van der Waals surface area contributed by atoms with Crippen molar-refractivity contribution in [2.45, 2.75) is 181 Å². The molecule has 0 saturated heterocycles. The molecule has 0 radical (unpaired) electrons. The molecule has 2 N–H and O–H groups in total. The molecule has 0 aromatic heterocycles. The zero-order valence-corrected chi connectivity index (χ0v) is 33.9. The van der Waals surface area contributed by atoms with Crippen LogP contribution in [-0.4, -0.2) is 84.6 Å². The highest BCUT2D eigenvalue weighted by molar-refractivity contribution is 5.69. The van der Waals surface area contributed by atoms with E-state index in [4.69, 9.17) is 10.2 Å². The van der Waals surface area contributed by atoms with E-state index in [0.717, 1.165) is 35.9 Å². The molecule has 0 aliphatic rings. The molecule has 0 saturated carbocycles. The molecule has 0 heterocycles. The lowest BCUT2D eigenvalue weighted by Gasteiger charge is -2.33. The number of aliphatic carboxylic acids is 2. The van der Waals surface area contributed by atoms with Crippen LogP contribution in [0.4, 0.5) is 0 Å². The second-order valence-electron chi connectivity index (χ2n) is 15.8. The zero-order valence-electron chi connectivity index (χ0n) is 33.9. The lowest BCUT2D eigenvalue weighted by Crippen LogP contribution is -2.42. The molecule has 1 aromatic carbocycles. The van der Waals surface area contributed by atoms with Gasteiger partial charge in [0.1, 0.15) is 13.1 Å². The highest BCUT2D eigenvalue weighted by Gasteiger charge is 2.22. The van der Waals surface area contributed by atoms with Crippen LogP contribution in [0.2, 0.25) is 0 Å². The van der Waals surface area contributed by atoms with Crippen LogP contribution in [0.3, 0.4) is 0 Å². The van der Waals surface area contributed by atoms with Crippen molar-refractivity contribution in [2.75, 3.05) is 41.3 Å². The largest absolute Gasteiger partial charge is 0.547 e. The number of aliphatic hydroxyl groups excluding tert-OH is 2. The quantitative estimate of drug-likeness (QED) is 0.0721. The monoisotopic (exact) mass is 709 g/mol. The highest BCUT2D eigenvalue weighted by atomic mass is 16.4. The maximum atomic E-state index is 9.34. The van der Waals surface area contributed by atoms with E-state index >= 15 is 0 Å². The van der Waals surface area contributed by atoms with Gasteiger partial charge in [-0.1, -0.05) is 141 Å². The molecule has 0 amide bonds. The lowest BCUT2D eigenvalue weighted by atomic mass is 10.0. The first-order chi connectivity index (χ1) is 23.6. The molecule has 0 aliphatic carbocycles. The fraction of sp³-hybridized carbons (Fsp3) is 0.810. The van der Waals surface area contributed by atoms with Crippen LogP contribution < -0.4 is 10.2 Å². The van der Waals surface area contributed by atoms with E-state index in [-0.39, 0.29) is 0 Å². The Labute approximate surface area is 308 Å². The summed E-state index contributed by atoms with van der Waals surface area (Å²) in [5, 5.41) is 34.6. The Hall–Kier alpha value is -2.00. The third-order valence-corrected chi connectivity index (χ3v) is 9.23. The predicted octanol–water partition coefficient (Wildman–Crippen LogP) is 6.92. The molecule has 1 rings (SSSR count). The van der Waals surface area contributed by atoms with Gasteiger partial charge in [0.2, 0.25) is 0 Å². The molecular weight excluding hydrogens is 628 g/mol. The minimum atomic E-state index is -1.44. The maximum absolute atomic E-state index is 9.34. The average Bonchev–Trinajstić information content (AvgIpc) is 3.04. The Morgan fingerprint density at radius 3 is 0.960 bits per heavy atom. The van der Waals surface area contributed by atoms with Gasteiger partial charge in [-0.3, -0.25) is 0 Å². The Morgan fingerprint density at radius 1 is 0.520 bits per heavy atom. The lowest BCUT2D eigenvalue weighted by molar-refractivity contribution is -0.907. The first-order valence-electron chi connectivity index (χ1n) is 20.1. The van der Waals surface area contributed by atoms with Crippen LogP contribution in [0.5, 0.6) is 0 Å². The van der Waals surface area contributed by atoms with Gasteiger partial charge in [-0.05, 0) is 39.5 Å². The van der Waals surface area contributed by atoms with Gasteiger partial charge < -0.3 is 39.0 Å². The number of unbranched alkanes of at least 4 members (excludes halogenated alkanes) is 18. The van der Waals surface area contributed by atoms with Gasteiger partial charge in [-0.2, -0.15) is 0 Å². The van der Waals surface area contributed by atoms with Gasteiger partial charge in [-0.15, -0.1) is 0 Å². The van der Waals surface area contributed by atoms with Crippen molar-refractivity contribution in [3.05, 3.63) is 35.4 Å². The van der Waals surface area contributed by atoms with E-state index in [1.807, 2.05) is 0 Å². The van der Waals surface area contributed by atoms with Crippen LogP contribution in [0.15, 0.2) is 24.3 Å². The topological polar surface area (TPSA) is 121 Å². The molecule has 294 valence electrons. The van der Waals surface area contributed by atoms with E-state index in [1.54, 1.807) is 11.1 Å². The van der Waals surface area contributed by atoms with E-state index in [2.05, 4.69) is 66.3 Å². The van der Waals surface area contributed by atoms with Gasteiger partial charge >= 0.3 is 0 Å². The molecule has 50 heavy (non-hydrogen) atoms. The molecule has 8 nitrogen and oxygen atoms in total. The summed E-state index contributed by atoms with van der Waals surface area (Å²) in [4.78, 5) is 18.7. The minimum absolute atomic E-state index is 1.11. The summed E-state index contributed by atoms with van der Waals surface area (Å²) in [5.41, 5.74) is 3.14. The number of hydrogen-bond donors (Lipinski definition) is 2. The van der Waals surface area contributed by atoms with Crippen molar-refractivity contribution in [2.24, 2.45) is 0 Å². The summed E-state index contributed by atoms with van der Waals surface area (Å²) in [5.74, 6) is -2.87. The number of carboxylic acid groups (broad SMARTS) is 2. The fourth-order valence-corrected chi connectivity index (χ4v) is 6.00. The molecule has 2 unspecified atom stereocenters. The number of benzene rings is 1. The second kappa shape index (κ2) is 31.7. The summed E-state index contributed by atoms with van der Waals surface area (Å²) in [7, 11) is 9.76. The Kier molecular flexibility index (Phi) is 31.8. The second-order valence-corrected chi connectivity index (χ2v) is 15.8. The summed E-state index contributed by atoms with van der Waals surface area (Å²) < 4.78 is 2.22. The van der Waals surface area contributed by atoms with E-state index in [1.165, 1.54) is 142 Å². The van der Waals surface area contributed by atoms with Crippen LogP contribution in [0.1, 0.15) is 167 Å². The maximum Gasteiger partial charge on any atom is 0.104 e. The Morgan fingerprint density at radius 2 is 0.740 bits per heavy atom. The van der Waals surface area contributed by atoms with Crippen LogP contribution in [-0.2, 0) is 22.7 Å². The number of carbonyl (C=O) groups excluding carboxylic acids is 2. The fourth-order valence-electron chi connectivity index (χ4n) is 6.00. The van der Waals surface area contributed by atoms with Gasteiger partial charge in [0.15, 0.2) is 0 Å². The molecule has 0 spiro atoms. The normalized spacial score (nSPS) is 12.7. The van der Waals surface area contributed by atoms with Gasteiger partial charge in [0.05, 0.1) is 65.4 Å². The van der Waals surface area contributed by atoms with E-state index in [9.17, 15) is 19.8 Å². The number of nitrogens with zero attached hydrogens (tertiary/aromatic N) is 2. The standard InChI is InChI=1S/C36H70N2.2C3H6O3/c1-7-9-11-13-15-17-19-21-23-27-31-37(3,4)33-35-29-25-26-30-36(35)34-38(5,6)32-28-24-22-20-18-16-14-12-10-8-2;2*1-2(4)3(5)6/h25-26,29-30H,7-24,27-28,31-34H2,1-6H3;2*2,4H,1H3,(H,5,6)/q+2;;/p-2. The van der Waals surface area contributed by atoms with Crippen molar-refractivity contribution < 1.29 is 39.0 Å². The molecule has 0 aliphatic heterocycles. The SMILES string of the molecule is CC(O)C(=O)[O-].CC(O)C(=O)[O-].CCCCCCCCCCCC[N+](C)(C)Cc1ccccc1C[N+](C)(C)CCCCCCCCCCCC. The number of aliphatic hydroxyl groups is 2. The van der Waals surface area contributed by atoms with E-state index in [0.29, 0.717) is 0 Å². The molecule has 2 atom stereocenters. The molecular formula is C42H80N2O6. The smallest absolute Gasteiger partial charge is 0.104 e. The first-order valence-corrected chi connectivity index (χ1v) is 20.1. The summed E-state index contributed by atoms with van der Waals surface area (Å²) in [6.45, 7) is 11.8. The highest BCUT2D eigenvalue weighted by Crippen LogP contribution is 2.21. The van der Waals surface area contributed by atoms with Gasteiger partial charge in [0.25, 0.3) is 0 Å². The third kappa shape index (κ3) is 33.2. The van der Waals surface area contributed by atoms with Crippen LogP contribution in [0.25, 0.3) is 0 Å². The van der Waals surface area contributed by atoms with Crippen molar-refractivity contribution in [1.29, 1.82) is 0 Å². The minimum Gasteiger partial charge on any atom is -0.547 e. The number of hydrogen-bond acceptors (Lipinski definition) is 6. The number of carboxylic acids is 2. The predicted molar refractivity (Wildman–Crippen MR) is 205 cm³/mol. The van der Waals surface area contributed by atoms with Crippen molar-refractivity contribution in [3.63, 3.8) is 0 Å². The molecule has 0 bridgehead atoms.